The molecule has 0 bridgehead atoms. The minimum absolute atomic E-state index is 0.0285. The Bertz CT molecular complexity index is 774. The van der Waals surface area contributed by atoms with Gasteiger partial charge in [-0.1, -0.05) is 41.4 Å². The minimum Gasteiger partial charge on any atom is -0.496 e. The molecule has 6 heteroatoms. The summed E-state index contributed by atoms with van der Waals surface area (Å²) in [6.45, 7) is 3.92. The molecule has 0 radical (unpaired) electrons. The fraction of sp³-hybridized carbons (Fsp3) is 0.300. The van der Waals surface area contributed by atoms with E-state index >= 15 is 0 Å². The number of hydrogen-bond donors (Lipinski definition) is 1. The third-order valence-corrected chi connectivity index (χ3v) is 4.08. The molecule has 2 aromatic carbocycles. The Morgan fingerprint density at radius 3 is 2.50 bits per heavy atom. The van der Waals surface area contributed by atoms with E-state index in [2.05, 4.69) is 5.32 Å². The average Bonchev–Trinajstić information content (AvgIpc) is 2.61. The van der Waals surface area contributed by atoms with E-state index in [1.807, 2.05) is 31.2 Å². The topological polar surface area (TPSA) is 64.6 Å². The summed E-state index contributed by atoms with van der Waals surface area (Å²) in [5, 5.41) is 3.25. The van der Waals surface area contributed by atoms with Crippen LogP contribution in [0.3, 0.4) is 0 Å². The van der Waals surface area contributed by atoms with Gasteiger partial charge in [0.15, 0.2) is 6.10 Å². The number of rotatable bonds is 7. The van der Waals surface area contributed by atoms with E-state index in [0.717, 1.165) is 11.1 Å². The Labute approximate surface area is 158 Å². The first kappa shape index (κ1) is 19.8. The standard InChI is InChI=1S/C20H22ClNO4/c1-13-4-6-15(7-5-13)12-22-20(24)14(2)26-19(23)11-16-10-17(21)8-9-18(16)25-3/h4-10,14H,11-12H2,1-3H3,(H,22,24)/t14-/m1/s1. The molecule has 5 nitrogen and oxygen atoms in total. The second-order valence-electron chi connectivity index (χ2n) is 5.97. The van der Waals surface area contributed by atoms with Crippen LogP contribution in [0.5, 0.6) is 5.75 Å². The lowest BCUT2D eigenvalue weighted by Gasteiger charge is -2.14. The smallest absolute Gasteiger partial charge is 0.311 e. The summed E-state index contributed by atoms with van der Waals surface area (Å²) in [5.41, 5.74) is 2.74. The number of ether oxygens (including phenoxy) is 2. The van der Waals surface area contributed by atoms with Crippen LogP contribution in [0.4, 0.5) is 0 Å². The molecular weight excluding hydrogens is 354 g/mol. The van der Waals surface area contributed by atoms with E-state index in [1.54, 1.807) is 18.2 Å². The normalized spacial score (nSPS) is 11.5. The molecule has 0 aromatic heterocycles. The van der Waals surface area contributed by atoms with Gasteiger partial charge in [-0.05, 0) is 37.6 Å². The highest BCUT2D eigenvalue weighted by molar-refractivity contribution is 6.30. The Balaban J connectivity index is 1.87. The van der Waals surface area contributed by atoms with Gasteiger partial charge in [-0.3, -0.25) is 9.59 Å². The molecule has 1 amide bonds. The first-order valence-electron chi connectivity index (χ1n) is 8.24. The van der Waals surface area contributed by atoms with Crippen molar-refractivity contribution in [2.24, 2.45) is 0 Å². The van der Waals surface area contributed by atoms with Crippen molar-refractivity contribution < 1.29 is 19.1 Å². The monoisotopic (exact) mass is 375 g/mol. The quantitative estimate of drug-likeness (QED) is 0.753. The zero-order valence-corrected chi connectivity index (χ0v) is 15.8. The van der Waals surface area contributed by atoms with Gasteiger partial charge in [-0.2, -0.15) is 0 Å². The number of aryl methyl sites for hydroxylation is 1. The first-order chi connectivity index (χ1) is 12.4. The van der Waals surface area contributed by atoms with E-state index in [0.29, 0.717) is 22.9 Å². The van der Waals surface area contributed by atoms with Crippen LogP contribution in [-0.2, 0) is 27.3 Å². The summed E-state index contributed by atoms with van der Waals surface area (Å²) >= 11 is 5.95. The second kappa shape index (κ2) is 9.25. The van der Waals surface area contributed by atoms with Gasteiger partial charge in [0.25, 0.3) is 5.91 Å². The lowest BCUT2D eigenvalue weighted by atomic mass is 10.1. The van der Waals surface area contributed by atoms with Crippen LogP contribution in [0.1, 0.15) is 23.6 Å². The Hall–Kier alpha value is -2.53. The van der Waals surface area contributed by atoms with Crippen LogP contribution in [-0.4, -0.2) is 25.1 Å². The summed E-state index contributed by atoms with van der Waals surface area (Å²) in [6, 6.07) is 12.8. The summed E-state index contributed by atoms with van der Waals surface area (Å²) < 4.78 is 10.4. The maximum atomic E-state index is 12.1. The molecule has 0 fully saturated rings. The summed E-state index contributed by atoms with van der Waals surface area (Å²) in [7, 11) is 1.51. The maximum absolute atomic E-state index is 12.1. The Morgan fingerprint density at radius 2 is 1.85 bits per heavy atom. The van der Waals surface area contributed by atoms with Gasteiger partial charge in [-0.15, -0.1) is 0 Å². The van der Waals surface area contributed by atoms with Crippen molar-refractivity contribution >= 4 is 23.5 Å². The average molecular weight is 376 g/mol. The molecule has 0 saturated heterocycles. The summed E-state index contributed by atoms with van der Waals surface area (Å²) in [4.78, 5) is 24.2. The number of carbonyl (C=O) groups is 2. The molecule has 138 valence electrons. The van der Waals surface area contributed by atoms with E-state index in [9.17, 15) is 9.59 Å². The number of amides is 1. The zero-order chi connectivity index (χ0) is 19.1. The van der Waals surface area contributed by atoms with Gasteiger partial charge in [0.05, 0.1) is 13.5 Å². The SMILES string of the molecule is COc1ccc(Cl)cc1CC(=O)O[C@H](C)C(=O)NCc1ccc(C)cc1. The predicted molar refractivity (Wildman–Crippen MR) is 100 cm³/mol. The van der Waals surface area contributed by atoms with Crippen molar-refractivity contribution in [1.29, 1.82) is 0 Å². The fourth-order valence-corrected chi connectivity index (χ4v) is 2.57. The number of hydrogen-bond acceptors (Lipinski definition) is 4. The number of carbonyl (C=O) groups excluding carboxylic acids is 2. The molecule has 0 heterocycles. The van der Waals surface area contributed by atoms with Gasteiger partial charge < -0.3 is 14.8 Å². The molecule has 0 aliphatic carbocycles. The van der Waals surface area contributed by atoms with Crippen molar-refractivity contribution in [2.75, 3.05) is 7.11 Å². The number of benzene rings is 2. The molecule has 1 N–H and O–H groups in total. The molecule has 26 heavy (non-hydrogen) atoms. The highest BCUT2D eigenvalue weighted by Crippen LogP contribution is 2.23. The molecular formula is C20H22ClNO4. The van der Waals surface area contributed by atoms with Crippen LogP contribution in [0.25, 0.3) is 0 Å². The van der Waals surface area contributed by atoms with E-state index in [1.165, 1.54) is 14.0 Å². The predicted octanol–water partition coefficient (Wildman–Crippen LogP) is 3.45. The van der Waals surface area contributed by atoms with Crippen molar-refractivity contribution in [3.8, 4) is 5.75 Å². The molecule has 2 aromatic rings. The van der Waals surface area contributed by atoms with Gasteiger partial charge in [0.2, 0.25) is 0 Å². The molecule has 1 atom stereocenters. The molecule has 0 aliphatic rings. The van der Waals surface area contributed by atoms with Crippen molar-refractivity contribution in [3.63, 3.8) is 0 Å². The Morgan fingerprint density at radius 1 is 1.15 bits per heavy atom. The third-order valence-electron chi connectivity index (χ3n) is 3.84. The molecule has 0 aliphatic heterocycles. The highest BCUT2D eigenvalue weighted by atomic mass is 35.5. The lowest BCUT2D eigenvalue weighted by molar-refractivity contribution is -0.154. The van der Waals surface area contributed by atoms with Crippen LogP contribution in [0, 0.1) is 6.92 Å². The fourth-order valence-electron chi connectivity index (χ4n) is 2.37. The maximum Gasteiger partial charge on any atom is 0.311 e. The molecule has 2 rings (SSSR count). The summed E-state index contributed by atoms with van der Waals surface area (Å²) in [6.07, 6.45) is -0.919. The van der Waals surface area contributed by atoms with E-state index < -0.39 is 12.1 Å². The molecule has 0 saturated carbocycles. The number of halogens is 1. The van der Waals surface area contributed by atoms with Gasteiger partial charge in [-0.25, -0.2) is 0 Å². The highest BCUT2D eigenvalue weighted by Gasteiger charge is 2.19. The van der Waals surface area contributed by atoms with E-state index in [4.69, 9.17) is 21.1 Å². The van der Waals surface area contributed by atoms with Crippen LogP contribution < -0.4 is 10.1 Å². The van der Waals surface area contributed by atoms with Crippen molar-refractivity contribution in [1.82, 2.24) is 5.32 Å². The zero-order valence-electron chi connectivity index (χ0n) is 15.0. The second-order valence-corrected chi connectivity index (χ2v) is 6.40. The van der Waals surface area contributed by atoms with Crippen LogP contribution in [0.15, 0.2) is 42.5 Å². The minimum atomic E-state index is -0.891. The van der Waals surface area contributed by atoms with Crippen LogP contribution >= 0.6 is 11.6 Å². The van der Waals surface area contributed by atoms with E-state index in [-0.39, 0.29) is 12.3 Å². The van der Waals surface area contributed by atoms with Crippen molar-refractivity contribution in [3.05, 3.63) is 64.2 Å². The van der Waals surface area contributed by atoms with Gasteiger partial charge in [0.1, 0.15) is 5.75 Å². The molecule has 0 unspecified atom stereocenters. The summed E-state index contributed by atoms with van der Waals surface area (Å²) in [5.74, 6) is -0.330. The van der Waals surface area contributed by atoms with Gasteiger partial charge in [0, 0.05) is 17.1 Å². The third kappa shape index (κ3) is 5.77. The Kier molecular flexibility index (Phi) is 7.04. The largest absolute Gasteiger partial charge is 0.496 e. The lowest BCUT2D eigenvalue weighted by Crippen LogP contribution is -2.35. The van der Waals surface area contributed by atoms with Crippen molar-refractivity contribution in [2.45, 2.75) is 32.9 Å². The van der Waals surface area contributed by atoms with Crippen LogP contribution in [0.2, 0.25) is 5.02 Å². The number of methoxy groups -OCH3 is 1. The number of esters is 1. The number of nitrogens with one attached hydrogen (secondary N) is 1. The van der Waals surface area contributed by atoms with Gasteiger partial charge >= 0.3 is 5.97 Å². The molecule has 0 spiro atoms. The first-order valence-corrected chi connectivity index (χ1v) is 8.62.